The molecule has 25 heavy (non-hydrogen) atoms. The standard InChI is InChI=1S/C17H16F2N2O4/c18-15(19)14(22)13(17(24)21-25)20-16(23)12-8-6-11(7-9-12)10-4-2-1-3-5-10/h1-9,13-15,22,25H,(H,20,23)(H,21,24). The Morgan fingerprint density at radius 1 is 0.920 bits per heavy atom. The van der Waals surface area contributed by atoms with Gasteiger partial charge in [-0.3, -0.25) is 14.8 Å². The maximum Gasteiger partial charge on any atom is 0.268 e. The van der Waals surface area contributed by atoms with Crippen LogP contribution in [0.4, 0.5) is 8.78 Å². The molecule has 8 heteroatoms. The van der Waals surface area contributed by atoms with E-state index in [4.69, 9.17) is 5.21 Å². The zero-order chi connectivity index (χ0) is 18.4. The first-order valence-corrected chi connectivity index (χ1v) is 7.30. The highest BCUT2D eigenvalue weighted by Gasteiger charge is 2.34. The van der Waals surface area contributed by atoms with Crippen LogP contribution < -0.4 is 10.8 Å². The van der Waals surface area contributed by atoms with Crippen LogP contribution in [0.25, 0.3) is 11.1 Å². The fourth-order valence-electron chi connectivity index (χ4n) is 2.19. The molecule has 2 aromatic carbocycles. The van der Waals surface area contributed by atoms with Crippen molar-refractivity contribution in [1.82, 2.24) is 10.8 Å². The second kappa shape index (κ2) is 8.32. The largest absolute Gasteiger partial charge is 0.384 e. The molecule has 0 aliphatic carbocycles. The van der Waals surface area contributed by atoms with Gasteiger partial charge in [0.2, 0.25) is 0 Å². The van der Waals surface area contributed by atoms with Crippen molar-refractivity contribution < 1.29 is 28.7 Å². The number of carbonyl (C=O) groups excluding carboxylic acids is 2. The summed E-state index contributed by atoms with van der Waals surface area (Å²) in [6.45, 7) is 0. The molecule has 2 rings (SSSR count). The molecule has 0 radical (unpaired) electrons. The summed E-state index contributed by atoms with van der Waals surface area (Å²) >= 11 is 0. The molecule has 2 atom stereocenters. The summed E-state index contributed by atoms with van der Waals surface area (Å²) in [7, 11) is 0. The van der Waals surface area contributed by atoms with Gasteiger partial charge in [-0.2, -0.15) is 0 Å². The van der Waals surface area contributed by atoms with Crippen molar-refractivity contribution in [3.8, 4) is 11.1 Å². The monoisotopic (exact) mass is 350 g/mol. The van der Waals surface area contributed by atoms with Gasteiger partial charge in [0.1, 0.15) is 12.1 Å². The van der Waals surface area contributed by atoms with Gasteiger partial charge >= 0.3 is 0 Å². The van der Waals surface area contributed by atoms with E-state index in [1.54, 1.807) is 12.1 Å². The van der Waals surface area contributed by atoms with Crippen LogP contribution in [-0.4, -0.2) is 40.7 Å². The number of hydrogen-bond acceptors (Lipinski definition) is 4. The normalized spacial score (nSPS) is 13.2. The van der Waals surface area contributed by atoms with Crippen LogP contribution >= 0.6 is 0 Å². The lowest BCUT2D eigenvalue weighted by Gasteiger charge is -2.21. The van der Waals surface area contributed by atoms with Gasteiger partial charge in [0.05, 0.1) is 0 Å². The molecule has 2 aromatic rings. The Hall–Kier alpha value is -2.84. The lowest BCUT2D eigenvalue weighted by atomic mass is 10.0. The molecule has 2 amide bonds. The predicted octanol–water partition coefficient (Wildman–Crippen LogP) is 1.58. The molecule has 0 fully saturated rings. The number of nitrogens with one attached hydrogen (secondary N) is 2. The Bertz CT molecular complexity index is 723. The van der Waals surface area contributed by atoms with Gasteiger partial charge < -0.3 is 10.4 Å². The van der Waals surface area contributed by atoms with E-state index in [2.05, 4.69) is 0 Å². The van der Waals surface area contributed by atoms with Crippen molar-refractivity contribution in [2.75, 3.05) is 0 Å². The minimum atomic E-state index is -3.27. The highest BCUT2D eigenvalue weighted by molar-refractivity contribution is 5.98. The summed E-state index contributed by atoms with van der Waals surface area (Å²) in [4.78, 5) is 23.5. The Morgan fingerprint density at radius 3 is 2.00 bits per heavy atom. The topological polar surface area (TPSA) is 98.7 Å². The molecule has 6 nitrogen and oxygen atoms in total. The molecule has 0 aliphatic heterocycles. The number of hydrogen-bond donors (Lipinski definition) is 4. The summed E-state index contributed by atoms with van der Waals surface area (Å²) in [6, 6.07) is 13.6. The molecule has 0 heterocycles. The Morgan fingerprint density at radius 2 is 1.48 bits per heavy atom. The second-order valence-electron chi connectivity index (χ2n) is 5.20. The van der Waals surface area contributed by atoms with Crippen molar-refractivity contribution in [3.63, 3.8) is 0 Å². The number of carbonyl (C=O) groups is 2. The molecule has 4 N–H and O–H groups in total. The zero-order valence-corrected chi connectivity index (χ0v) is 12.9. The van der Waals surface area contributed by atoms with E-state index in [-0.39, 0.29) is 5.56 Å². The summed E-state index contributed by atoms with van der Waals surface area (Å²) in [6.07, 6.45) is -5.73. The molecular formula is C17H16F2N2O4. The van der Waals surface area contributed by atoms with E-state index in [0.717, 1.165) is 16.6 Å². The van der Waals surface area contributed by atoms with Crippen LogP contribution in [0.2, 0.25) is 0 Å². The van der Waals surface area contributed by atoms with E-state index >= 15 is 0 Å². The molecule has 2 unspecified atom stereocenters. The summed E-state index contributed by atoms with van der Waals surface area (Å²) in [5.74, 6) is -2.19. The van der Waals surface area contributed by atoms with Crippen molar-refractivity contribution in [1.29, 1.82) is 0 Å². The summed E-state index contributed by atoms with van der Waals surface area (Å²) < 4.78 is 25.2. The molecule has 0 bridgehead atoms. The van der Waals surface area contributed by atoms with Crippen LogP contribution in [0.15, 0.2) is 54.6 Å². The Labute approximate surface area is 142 Å². The van der Waals surface area contributed by atoms with Crippen LogP contribution in [-0.2, 0) is 4.79 Å². The third kappa shape index (κ3) is 4.59. The van der Waals surface area contributed by atoms with Crippen LogP contribution in [0.3, 0.4) is 0 Å². The smallest absolute Gasteiger partial charge is 0.268 e. The van der Waals surface area contributed by atoms with Gasteiger partial charge in [-0.25, -0.2) is 14.3 Å². The number of amides is 2. The van der Waals surface area contributed by atoms with Gasteiger partial charge in [0.15, 0.2) is 0 Å². The summed E-state index contributed by atoms with van der Waals surface area (Å²) in [5, 5.41) is 19.9. The second-order valence-corrected chi connectivity index (χ2v) is 5.20. The molecule has 0 spiro atoms. The lowest BCUT2D eigenvalue weighted by molar-refractivity contribution is -0.137. The van der Waals surface area contributed by atoms with Gasteiger partial charge in [-0.15, -0.1) is 0 Å². The highest BCUT2D eigenvalue weighted by Crippen LogP contribution is 2.19. The number of hydroxylamine groups is 1. The SMILES string of the molecule is O=C(NC(C(=O)NO)C(O)C(F)F)c1ccc(-c2ccccc2)cc1. The van der Waals surface area contributed by atoms with Crippen molar-refractivity contribution >= 4 is 11.8 Å². The zero-order valence-electron chi connectivity index (χ0n) is 12.9. The van der Waals surface area contributed by atoms with E-state index in [1.165, 1.54) is 12.1 Å². The van der Waals surface area contributed by atoms with E-state index in [9.17, 15) is 23.5 Å². The predicted molar refractivity (Wildman–Crippen MR) is 85.1 cm³/mol. The van der Waals surface area contributed by atoms with Gasteiger partial charge in [-0.1, -0.05) is 42.5 Å². The number of benzene rings is 2. The molecular weight excluding hydrogens is 334 g/mol. The quantitative estimate of drug-likeness (QED) is 0.470. The first-order valence-electron chi connectivity index (χ1n) is 7.30. The fraction of sp³-hybridized carbons (Fsp3) is 0.176. The number of aliphatic hydroxyl groups excluding tert-OH is 1. The third-order valence-electron chi connectivity index (χ3n) is 3.53. The van der Waals surface area contributed by atoms with E-state index in [0.29, 0.717) is 0 Å². The van der Waals surface area contributed by atoms with Gasteiger partial charge in [0, 0.05) is 5.56 Å². The molecule has 0 aromatic heterocycles. The molecule has 132 valence electrons. The van der Waals surface area contributed by atoms with E-state index in [1.807, 2.05) is 35.6 Å². The minimum absolute atomic E-state index is 0.108. The van der Waals surface area contributed by atoms with Gasteiger partial charge in [0.25, 0.3) is 18.2 Å². The average Bonchev–Trinajstić information content (AvgIpc) is 2.65. The first kappa shape index (κ1) is 18.5. The van der Waals surface area contributed by atoms with Crippen molar-refractivity contribution in [3.05, 3.63) is 60.2 Å². The maximum absolute atomic E-state index is 12.6. The summed E-state index contributed by atoms with van der Waals surface area (Å²) in [5.41, 5.74) is 3.02. The minimum Gasteiger partial charge on any atom is -0.384 e. The van der Waals surface area contributed by atoms with E-state index < -0.39 is 30.4 Å². The highest BCUT2D eigenvalue weighted by atomic mass is 19.3. The van der Waals surface area contributed by atoms with Crippen LogP contribution in [0.1, 0.15) is 10.4 Å². The number of halogens is 2. The number of alkyl halides is 2. The average molecular weight is 350 g/mol. The van der Waals surface area contributed by atoms with Crippen LogP contribution in [0.5, 0.6) is 0 Å². The lowest BCUT2D eigenvalue weighted by Crippen LogP contribution is -2.54. The first-order chi connectivity index (χ1) is 11.9. The Kier molecular flexibility index (Phi) is 6.15. The molecule has 0 saturated carbocycles. The third-order valence-corrected chi connectivity index (χ3v) is 3.53. The van der Waals surface area contributed by atoms with Crippen LogP contribution in [0, 0.1) is 0 Å². The number of rotatable bonds is 6. The molecule has 0 aliphatic rings. The Balaban J connectivity index is 2.15. The van der Waals surface area contributed by atoms with Crippen molar-refractivity contribution in [2.45, 2.75) is 18.6 Å². The maximum atomic E-state index is 12.6. The fourth-order valence-corrected chi connectivity index (χ4v) is 2.19. The molecule has 0 saturated heterocycles. The number of aliphatic hydroxyl groups is 1. The van der Waals surface area contributed by atoms with Gasteiger partial charge in [-0.05, 0) is 23.3 Å². The van der Waals surface area contributed by atoms with Crippen molar-refractivity contribution in [2.24, 2.45) is 0 Å².